The Morgan fingerprint density at radius 1 is 1.12 bits per heavy atom. The van der Waals surface area contributed by atoms with Crippen LogP contribution in [0.1, 0.15) is 0 Å². The molecule has 25 heavy (non-hydrogen) atoms. The Balaban J connectivity index is 1.96. The Labute approximate surface area is 141 Å². The van der Waals surface area contributed by atoms with Gasteiger partial charge in [-0.3, -0.25) is 4.79 Å². The molecule has 0 spiro atoms. The first-order chi connectivity index (χ1) is 12.1. The second-order valence-corrected chi connectivity index (χ2v) is 5.14. The molecule has 0 amide bonds. The molecule has 0 aliphatic heterocycles. The highest BCUT2D eigenvalue weighted by atomic mass is 19.3. The molecule has 3 rings (SSSR count). The fraction of sp³-hybridized carbons (Fsp3) is 0.105. The van der Waals surface area contributed by atoms with Gasteiger partial charge in [0.05, 0.1) is 10.9 Å². The van der Waals surface area contributed by atoms with Crippen LogP contribution >= 0.6 is 0 Å². The normalized spacial score (nSPS) is 10.8. The fourth-order valence-electron chi connectivity index (χ4n) is 2.37. The van der Waals surface area contributed by atoms with Crippen molar-refractivity contribution in [2.75, 3.05) is 6.61 Å². The Morgan fingerprint density at radius 3 is 2.52 bits per heavy atom. The molecule has 6 heteroatoms. The van der Waals surface area contributed by atoms with E-state index >= 15 is 0 Å². The summed E-state index contributed by atoms with van der Waals surface area (Å²) in [5.74, 6) is 0.588. The summed E-state index contributed by atoms with van der Waals surface area (Å²) in [5.41, 5.74) is 0.947. The molecule has 0 aliphatic carbocycles. The number of hydrogen-bond acceptors (Lipinski definition) is 4. The third-order valence-corrected chi connectivity index (χ3v) is 3.50. The highest BCUT2D eigenvalue weighted by Crippen LogP contribution is 2.25. The lowest BCUT2D eigenvalue weighted by atomic mass is 10.1. The van der Waals surface area contributed by atoms with Crippen LogP contribution < -0.4 is 14.9 Å². The topological polar surface area (TPSA) is 48.7 Å². The average molecular weight is 344 g/mol. The summed E-state index contributed by atoms with van der Waals surface area (Å²) >= 11 is 0. The molecule has 1 heterocycles. The molecule has 0 unspecified atom stereocenters. The molecule has 0 bridgehead atoms. The zero-order chi connectivity index (χ0) is 17.8. The van der Waals surface area contributed by atoms with Crippen LogP contribution in [-0.4, -0.2) is 13.2 Å². The predicted octanol–water partition coefficient (Wildman–Crippen LogP) is 4.63. The van der Waals surface area contributed by atoms with Crippen molar-refractivity contribution in [2.45, 2.75) is 6.61 Å². The maximum Gasteiger partial charge on any atom is 0.387 e. The highest BCUT2D eigenvalue weighted by Gasteiger charge is 2.12. The van der Waals surface area contributed by atoms with E-state index in [1.165, 1.54) is 24.5 Å². The first-order valence-corrected chi connectivity index (χ1v) is 7.43. The molecular formula is C19H14F2O4. The van der Waals surface area contributed by atoms with E-state index in [-0.39, 0.29) is 22.1 Å². The van der Waals surface area contributed by atoms with Crippen LogP contribution in [0, 0.1) is 0 Å². The SMILES string of the molecule is C=CCOc1ccc(-c2coc3cc(OC(F)F)ccc3c2=O)cc1. The van der Waals surface area contributed by atoms with Gasteiger partial charge in [0.2, 0.25) is 0 Å². The zero-order valence-electron chi connectivity index (χ0n) is 13.1. The van der Waals surface area contributed by atoms with Crippen molar-refractivity contribution >= 4 is 11.0 Å². The van der Waals surface area contributed by atoms with Gasteiger partial charge in [-0.2, -0.15) is 8.78 Å². The van der Waals surface area contributed by atoms with E-state index in [1.807, 2.05) is 0 Å². The van der Waals surface area contributed by atoms with Crippen molar-refractivity contribution < 1.29 is 22.7 Å². The molecule has 0 fully saturated rings. The summed E-state index contributed by atoms with van der Waals surface area (Å²) in [5, 5.41) is 0.283. The number of benzene rings is 2. The van der Waals surface area contributed by atoms with Gasteiger partial charge in [-0.15, -0.1) is 0 Å². The van der Waals surface area contributed by atoms with E-state index in [2.05, 4.69) is 11.3 Å². The number of hydrogen-bond donors (Lipinski definition) is 0. The minimum atomic E-state index is -2.94. The largest absolute Gasteiger partial charge is 0.490 e. The molecule has 2 aromatic carbocycles. The highest BCUT2D eigenvalue weighted by molar-refractivity contribution is 5.82. The molecule has 1 aromatic heterocycles. The molecular weight excluding hydrogens is 330 g/mol. The van der Waals surface area contributed by atoms with Crippen molar-refractivity contribution in [3.63, 3.8) is 0 Å². The van der Waals surface area contributed by atoms with Crippen molar-refractivity contribution in [1.82, 2.24) is 0 Å². The van der Waals surface area contributed by atoms with E-state index in [0.29, 0.717) is 23.5 Å². The van der Waals surface area contributed by atoms with Gasteiger partial charge in [0.1, 0.15) is 30.0 Å². The Kier molecular flexibility index (Phi) is 4.79. The Hall–Kier alpha value is -3.15. The summed E-state index contributed by atoms with van der Waals surface area (Å²) in [6.45, 7) is 1.02. The minimum absolute atomic E-state index is 0.0675. The minimum Gasteiger partial charge on any atom is -0.490 e. The summed E-state index contributed by atoms with van der Waals surface area (Å²) in [7, 11) is 0. The quantitative estimate of drug-likeness (QED) is 0.612. The van der Waals surface area contributed by atoms with Crippen LogP contribution in [0.2, 0.25) is 0 Å². The molecule has 0 radical (unpaired) electrons. The maximum absolute atomic E-state index is 12.6. The van der Waals surface area contributed by atoms with E-state index in [0.717, 1.165) is 0 Å². The monoisotopic (exact) mass is 344 g/mol. The van der Waals surface area contributed by atoms with Crippen molar-refractivity contribution in [3.05, 3.63) is 71.6 Å². The molecule has 3 aromatic rings. The van der Waals surface area contributed by atoms with E-state index in [9.17, 15) is 13.6 Å². The van der Waals surface area contributed by atoms with Crippen LogP contribution in [0.5, 0.6) is 11.5 Å². The molecule has 128 valence electrons. The van der Waals surface area contributed by atoms with Crippen LogP contribution in [0.3, 0.4) is 0 Å². The molecule has 0 N–H and O–H groups in total. The van der Waals surface area contributed by atoms with Crippen LogP contribution in [0.15, 0.2) is 70.6 Å². The van der Waals surface area contributed by atoms with Gasteiger partial charge in [-0.25, -0.2) is 0 Å². The Morgan fingerprint density at radius 2 is 1.84 bits per heavy atom. The van der Waals surface area contributed by atoms with Crippen LogP contribution in [-0.2, 0) is 0 Å². The molecule has 4 nitrogen and oxygen atoms in total. The Bertz CT molecular complexity index is 946. The first kappa shape index (κ1) is 16.7. The second kappa shape index (κ2) is 7.17. The van der Waals surface area contributed by atoms with Crippen molar-refractivity contribution in [3.8, 4) is 22.6 Å². The number of ether oxygens (including phenoxy) is 2. The second-order valence-electron chi connectivity index (χ2n) is 5.14. The van der Waals surface area contributed by atoms with Gasteiger partial charge in [-0.1, -0.05) is 24.8 Å². The van der Waals surface area contributed by atoms with Crippen LogP contribution in [0.4, 0.5) is 8.78 Å². The van der Waals surface area contributed by atoms with Gasteiger partial charge >= 0.3 is 6.61 Å². The lowest BCUT2D eigenvalue weighted by molar-refractivity contribution is -0.0497. The van der Waals surface area contributed by atoms with Gasteiger partial charge in [0.15, 0.2) is 5.43 Å². The lowest BCUT2D eigenvalue weighted by Gasteiger charge is -2.07. The first-order valence-electron chi connectivity index (χ1n) is 7.43. The molecule has 0 aliphatic rings. The summed E-state index contributed by atoms with van der Waals surface area (Å²) in [4.78, 5) is 12.6. The number of alkyl halides is 2. The van der Waals surface area contributed by atoms with Crippen LogP contribution in [0.25, 0.3) is 22.1 Å². The fourth-order valence-corrected chi connectivity index (χ4v) is 2.37. The predicted molar refractivity (Wildman–Crippen MR) is 90.2 cm³/mol. The molecule has 0 atom stereocenters. The van der Waals surface area contributed by atoms with E-state index < -0.39 is 6.61 Å². The van der Waals surface area contributed by atoms with Gasteiger partial charge in [0, 0.05) is 6.07 Å². The third-order valence-electron chi connectivity index (χ3n) is 3.50. The van der Waals surface area contributed by atoms with Crippen molar-refractivity contribution in [1.29, 1.82) is 0 Å². The maximum atomic E-state index is 12.6. The summed E-state index contributed by atoms with van der Waals surface area (Å²) < 4.78 is 39.7. The zero-order valence-corrected chi connectivity index (χ0v) is 13.1. The standard InChI is InChI=1S/C19H14F2O4/c1-2-9-23-13-5-3-12(4-6-13)16-11-24-17-10-14(25-19(20)21)7-8-15(17)18(16)22/h2-8,10-11,19H,1,9H2. The number of rotatable bonds is 6. The number of halogens is 2. The average Bonchev–Trinajstić information content (AvgIpc) is 2.60. The summed E-state index contributed by atoms with van der Waals surface area (Å²) in [6.07, 6.45) is 2.94. The van der Waals surface area contributed by atoms with Gasteiger partial charge in [-0.05, 0) is 29.8 Å². The third kappa shape index (κ3) is 3.68. The van der Waals surface area contributed by atoms with Gasteiger partial charge in [0.25, 0.3) is 0 Å². The van der Waals surface area contributed by atoms with E-state index in [4.69, 9.17) is 9.15 Å². The summed E-state index contributed by atoms with van der Waals surface area (Å²) in [6, 6.07) is 10.9. The number of fused-ring (bicyclic) bond motifs is 1. The molecule has 0 saturated carbocycles. The smallest absolute Gasteiger partial charge is 0.387 e. The van der Waals surface area contributed by atoms with E-state index in [1.54, 1.807) is 30.3 Å². The lowest BCUT2D eigenvalue weighted by Crippen LogP contribution is -2.06. The van der Waals surface area contributed by atoms with Gasteiger partial charge < -0.3 is 13.9 Å². The molecule has 0 saturated heterocycles. The van der Waals surface area contributed by atoms with Crippen molar-refractivity contribution in [2.24, 2.45) is 0 Å².